The minimum atomic E-state index is -0.579. The summed E-state index contributed by atoms with van der Waals surface area (Å²) in [6, 6.07) is 10.5. The average molecular weight is 474 g/mol. The standard InChI is InChI=1S/C21H22N4O7S/c1-2-32-20(26)14-33-19-7-6-15(12-18(19)25(30)31)21(27)23-10-8-22(9-11-23)16-4-3-5-17(13-16)24(28)29/h3-7,12-13H,2,8-11,14H2,1H3. The quantitative estimate of drug-likeness (QED) is 0.244. The highest BCUT2D eigenvalue weighted by Gasteiger charge is 2.25. The van der Waals surface area contributed by atoms with Gasteiger partial charge in [-0.1, -0.05) is 6.07 Å². The summed E-state index contributed by atoms with van der Waals surface area (Å²) in [5.74, 6) is -0.876. The Hall–Kier alpha value is -3.67. The molecule has 0 spiro atoms. The van der Waals surface area contributed by atoms with Gasteiger partial charge in [0.25, 0.3) is 17.3 Å². The number of benzene rings is 2. The predicted molar refractivity (Wildman–Crippen MR) is 122 cm³/mol. The number of anilines is 1. The van der Waals surface area contributed by atoms with Crippen molar-refractivity contribution in [3.63, 3.8) is 0 Å². The Morgan fingerprint density at radius 3 is 2.39 bits per heavy atom. The summed E-state index contributed by atoms with van der Waals surface area (Å²) in [7, 11) is 0. The molecule has 0 aliphatic carbocycles. The molecule has 3 rings (SSSR count). The number of non-ortho nitro benzene ring substituents is 1. The number of carbonyl (C=O) groups is 2. The first kappa shape index (κ1) is 24.0. The number of nitrogens with zero attached hydrogens (tertiary/aromatic N) is 4. The van der Waals surface area contributed by atoms with E-state index < -0.39 is 15.8 Å². The van der Waals surface area contributed by atoms with Gasteiger partial charge in [0.1, 0.15) is 0 Å². The number of hydrogen-bond acceptors (Lipinski definition) is 9. The van der Waals surface area contributed by atoms with Gasteiger partial charge in [0.05, 0.1) is 27.1 Å². The number of hydrogen-bond donors (Lipinski definition) is 0. The molecule has 0 aromatic heterocycles. The molecule has 2 aromatic carbocycles. The molecule has 0 bridgehead atoms. The zero-order valence-electron chi connectivity index (χ0n) is 17.8. The van der Waals surface area contributed by atoms with Gasteiger partial charge in [0, 0.05) is 55.6 Å². The van der Waals surface area contributed by atoms with Crippen LogP contribution in [0.2, 0.25) is 0 Å². The van der Waals surface area contributed by atoms with Crippen molar-refractivity contribution in [3.05, 3.63) is 68.3 Å². The van der Waals surface area contributed by atoms with Crippen LogP contribution in [0.15, 0.2) is 47.4 Å². The van der Waals surface area contributed by atoms with E-state index in [4.69, 9.17) is 4.74 Å². The molecule has 1 heterocycles. The van der Waals surface area contributed by atoms with E-state index >= 15 is 0 Å². The lowest BCUT2D eigenvalue weighted by atomic mass is 10.1. The maximum Gasteiger partial charge on any atom is 0.316 e. The summed E-state index contributed by atoms with van der Waals surface area (Å²) in [6.45, 7) is 3.59. The largest absolute Gasteiger partial charge is 0.465 e. The third-order valence-corrected chi connectivity index (χ3v) is 6.06. The Balaban J connectivity index is 1.67. The zero-order chi connectivity index (χ0) is 24.0. The highest BCUT2D eigenvalue weighted by Crippen LogP contribution is 2.31. The highest BCUT2D eigenvalue weighted by molar-refractivity contribution is 8.00. The van der Waals surface area contributed by atoms with E-state index in [0.717, 1.165) is 11.8 Å². The van der Waals surface area contributed by atoms with Gasteiger partial charge in [-0.2, -0.15) is 0 Å². The number of carbonyl (C=O) groups excluding carboxylic acids is 2. The first-order valence-corrected chi connectivity index (χ1v) is 11.1. The van der Waals surface area contributed by atoms with E-state index in [-0.39, 0.29) is 40.1 Å². The van der Waals surface area contributed by atoms with Crippen LogP contribution in [0.5, 0.6) is 0 Å². The minimum Gasteiger partial charge on any atom is -0.465 e. The van der Waals surface area contributed by atoms with Gasteiger partial charge in [0.2, 0.25) is 0 Å². The molecule has 12 heteroatoms. The van der Waals surface area contributed by atoms with Crippen molar-refractivity contribution in [2.24, 2.45) is 0 Å². The number of piperazine rings is 1. The van der Waals surface area contributed by atoms with E-state index in [1.807, 2.05) is 4.90 Å². The summed E-state index contributed by atoms with van der Waals surface area (Å²) in [4.78, 5) is 49.8. The summed E-state index contributed by atoms with van der Waals surface area (Å²) >= 11 is 0.985. The molecular weight excluding hydrogens is 452 g/mol. The van der Waals surface area contributed by atoms with Gasteiger partial charge in [-0.15, -0.1) is 11.8 Å². The van der Waals surface area contributed by atoms with Gasteiger partial charge in [0.15, 0.2) is 0 Å². The first-order valence-electron chi connectivity index (χ1n) is 10.2. The smallest absolute Gasteiger partial charge is 0.316 e. The second kappa shape index (κ2) is 10.8. The van der Waals surface area contributed by atoms with Crippen LogP contribution in [0.1, 0.15) is 17.3 Å². The van der Waals surface area contributed by atoms with Crippen molar-refractivity contribution in [1.29, 1.82) is 0 Å². The van der Waals surface area contributed by atoms with Gasteiger partial charge in [-0.05, 0) is 25.1 Å². The molecular formula is C21H22N4O7S. The monoisotopic (exact) mass is 474 g/mol. The van der Waals surface area contributed by atoms with Gasteiger partial charge >= 0.3 is 5.97 Å². The average Bonchev–Trinajstić information content (AvgIpc) is 2.82. The molecule has 174 valence electrons. The fourth-order valence-electron chi connectivity index (χ4n) is 3.41. The van der Waals surface area contributed by atoms with E-state index in [2.05, 4.69) is 0 Å². The minimum absolute atomic E-state index is 0.000711. The summed E-state index contributed by atoms with van der Waals surface area (Å²) in [6.07, 6.45) is 0. The number of esters is 1. The topological polar surface area (TPSA) is 136 Å². The Labute approximate surface area is 193 Å². The van der Waals surface area contributed by atoms with Crippen molar-refractivity contribution >= 4 is 40.7 Å². The van der Waals surface area contributed by atoms with Crippen LogP contribution in [0.4, 0.5) is 17.1 Å². The van der Waals surface area contributed by atoms with E-state index in [1.165, 1.54) is 30.3 Å². The van der Waals surface area contributed by atoms with Gasteiger partial charge in [-0.3, -0.25) is 29.8 Å². The molecule has 2 aromatic rings. The van der Waals surface area contributed by atoms with Crippen molar-refractivity contribution in [2.75, 3.05) is 43.4 Å². The van der Waals surface area contributed by atoms with Crippen LogP contribution in [0.25, 0.3) is 0 Å². The summed E-state index contributed by atoms with van der Waals surface area (Å²) < 4.78 is 4.84. The van der Waals surface area contributed by atoms with E-state index in [1.54, 1.807) is 24.0 Å². The Bertz CT molecular complexity index is 1070. The molecule has 0 N–H and O–H groups in total. The molecule has 33 heavy (non-hydrogen) atoms. The second-order valence-electron chi connectivity index (χ2n) is 7.09. The molecule has 11 nitrogen and oxygen atoms in total. The lowest BCUT2D eigenvalue weighted by Crippen LogP contribution is -2.48. The van der Waals surface area contributed by atoms with Crippen molar-refractivity contribution in [1.82, 2.24) is 4.90 Å². The molecule has 1 saturated heterocycles. The third-order valence-electron chi connectivity index (χ3n) is 5.03. The van der Waals surface area contributed by atoms with Crippen molar-refractivity contribution in [3.8, 4) is 0 Å². The van der Waals surface area contributed by atoms with Crippen molar-refractivity contribution < 1.29 is 24.2 Å². The molecule has 0 radical (unpaired) electrons. The van der Waals surface area contributed by atoms with Crippen LogP contribution in [-0.2, 0) is 9.53 Å². The van der Waals surface area contributed by atoms with E-state index in [0.29, 0.717) is 31.9 Å². The fraction of sp³-hybridized carbons (Fsp3) is 0.333. The van der Waals surface area contributed by atoms with E-state index in [9.17, 15) is 29.8 Å². The summed E-state index contributed by atoms with van der Waals surface area (Å²) in [5, 5.41) is 22.5. The fourth-order valence-corrected chi connectivity index (χ4v) is 4.21. The first-order chi connectivity index (χ1) is 15.8. The molecule has 1 fully saturated rings. The Kier molecular flexibility index (Phi) is 7.83. The molecule has 1 aliphatic rings. The maximum atomic E-state index is 12.9. The number of rotatable bonds is 8. The van der Waals surface area contributed by atoms with Crippen LogP contribution in [0, 0.1) is 20.2 Å². The number of amides is 1. The zero-order valence-corrected chi connectivity index (χ0v) is 18.7. The van der Waals surface area contributed by atoms with Gasteiger partial charge in [-0.25, -0.2) is 0 Å². The predicted octanol–water partition coefficient (Wildman–Crippen LogP) is 3.12. The van der Waals surface area contributed by atoms with Crippen LogP contribution in [0.3, 0.4) is 0 Å². The normalized spacial score (nSPS) is 13.5. The summed E-state index contributed by atoms with van der Waals surface area (Å²) in [5.41, 5.74) is 0.644. The molecule has 0 atom stereocenters. The lowest BCUT2D eigenvalue weighted by molar-refractivity contribution is -0.387. The molecule has 1 amide bonds. The Morgan fingerprint density at radius 2 is 1.76 bits per heavy atom. The second-order valence-corrected chi connectivity index (χ2v) is 8.11. The number of nitro benzene ring substituents is 2. The lowest BCUT2D eigenvalue weighted by Gasteiger charge is -2.36. The van der Waals surface area contributed by atoms with Crippen LogP contribution >= 0.6 is 11.8 Å². The molecule has 0 unspecified atom stereocenters. The number of thioether (sulfide) groups is 1. The van der Waals surface area contributed by atoms with Crippen molar-refractivity contribution in [2.45, 2.75) is 11.8 Å². The molecule has 1 aliphatic heterocycles. The van der Waals surface area contributed by atoms with Crippen LogP contribution < -0.4 is 4.90 Å². The third kappa shape index (κ3) is 5.98. The Morgan fingerprint density at radius 1 is 1.03 bits per heavy atom. The molecule has 0 saturated carbocycles. The van der Waals surface area contributed by atoms with Gasteiger partial charge < -0.3 is 14.5 Å². The van der Waals surface area contributed by atoms with Crippen LogP contribution in [-0.4, -0.2) is 65.2 Å². The SMILES string of the molecule is CCOC(=O)CSc1ccc(C(=O)N2CCN(c3cccc([N+](=O)[O-])c3)CC2)cc1[N+](=O)[O-]. The maximum absolute atomic E-state index is 12.9. The number of nitro groups is 2. The number of ether oxygens (including phenoxy) is 1. The highest BCUT2D eigenvalue weighted by atomic mass is 32.2.